The Balaban J connectivity index is 2.20. The summed E-state index contributed by atoms with van der Waals surface area (Å²) in [5.74, 6) is -0.344. The fourth-order valence-electron chi connectivity index (χ4n) is 1.74. The van der Waals surface area contributed by atoms with Crippen molar-refractivity contribution in [3.63, 3.8) is 0 Å². The number of nitrogens with two attached hydrogens (primary N) is 1. The standard InChI is InChI=1S/C13H7Cl2FN2O/c14-6-1-2-7(9(16)3-6)13-18-11-4-8(15)10(17)5-12(11)19-13/h1-5H,17H2. The van der Waals surface area contributed by atoms with Crippen molar-refractivity contribution in [2.45, 2.75) is 0 Å². The molecule has 2 N–H and O–H groups in total. The van der Waals surface area contributed by atoms with Crippen LogP contribution in [0, 0.1) is 5.82 Å². The number of fused-ring (bicyclic) bond motifs is 1. The molecule has 0 fully saturated rings. The van der Waals surface area contributed by atoms with Crippen molar-refractivity contribution >= 4 is 40.0 Å². The highest BCUT2D eigenvalue weighted by molar-refractivity contribution is 6.33. The van der Waals surface area contributed by atoms with Gasteiger partial charge in [0.05, 0.1) is 16.3 Å². The molecule has 19 heavy (non-hydrogen) atoms. The van der Waals surface area contributed by atoms with E-state index in [1.807, 2.05) is 0 Å². The molecule has 0 unspecified atom stereocenters. The fourth-order valence-corrected chi connectivity index (χ4v) is 2.06. The van der Waals surface area contributed by atoms with E-state index in [-0.39, 0.29) is 11.5 Å². The summed E-state index contributed by atoms with van der Waals surface area (Å²) in [5.41, 5.74) is 7.25. The fraction of sp³-hybridized carbons (Fsp3) is 0. The van der Waals surface area contributed by atoms with E-state index in [2.05, 4.69) is 4.98 Å². The molecule has 96 valence electrons. The minimum absolute atomic E-state index is 0.158. The van der Waals surface area contributed by atoms with Gasteiger partial charge in [-0.25, -0.2) is 9.37 Å². The molecule has 0 atom stereocenters. The van der Waals surface area contributed by atoms with Gasteiger partial charge in [0.2, 0.25) is 5.89 Å². The molecule has 0 aliphatic heterocycles. The monoisotopic (exact) mass is 296 g/mol. The number of anilines is 1. The Morgan fingerprint density at radius 2 is 1.95 bits per heavy atom. The molecule has 0 radical (unpaired) electrons. The van der Waals surface area contributed by atoms with Crippen LogP contribution in [0.1, 0.15) is 0 Å². The summed E-state index contributed by atoms with van der Waals surface area (Å²) in [5, 5.41) is 0.688. The number of rotatable bonds is 1. The smallest absolute Gasteiger partial charge is 0.230 e. The first-order chi connectivity index (χ1) is 9.04. The molecular formula is C13H7Cl2FN2O. The van der Waals surface area contributed by atoms with E-state index in [1.165, 1.54) is 12.1 Å². The summed E-state index contributed by atoms with van der Waals surface area (Å²) in [6, 6.07) is 7.41. The third-order valence-electron chi connectivity index (χ3n) is 2.67. The van der Waals surface area contributed by atoms with E-state index >= 15 is 0 Å². The minimum atomic E-state index is -0.502. The second kappa shape index (κ2) is 4.40. The summed E-state index contributed by atoms with van der Waals surface area (Å²) in [6.45, 7) is 0. The van der Waals surface area contributed by atoms with Gasteiger partial charge in [0, 0.05) is 11.1 Å². The lowest BCUT2D eigenvalue weighted by molar-refractivity contribution is 0.594. The summed E-state index contributed by atoms with van der Waals surface area (Å²) in [4.78, 5) is 4.19. The normalized spacial score (nSPS) is 11.1. The first kappa shape index (κ1) is 12.3. The third kappa shape index (κ3) is 2.13. The van der Waals surface area contributed by atoms with Crippen molar-refractivity contribution in [1.29, 1.82) is 0 Å². The maximum Gasteiger partial charge on any atom is 0.230 e. The van der Waals surface area contributed by atoms with Gasteiger partial charge in [0.15, 0.2) is 5.58 Å². The lowest BCUT2D eigenvalue weighted by Crippen LogP contribution is -1.85. The average Bonchev–Trinajstić information content (AvgIpc) is 2.72. The Morgan fingerprint density at radius 1 is 1.16 bits per heavy atom. The van der Waals surface area contributed by atoms with Crippen LogP contribution in [-0.4, -0.2) is 4.98 Å². The lowest BCUT2D eigenvalue weighted by Gasteiger charge is -1.97. The number of nitrogens with zero attached hydrogens (tertiary/aromatic N) is 1. The largest absolute Gasteiger partial charge is 0.436 e. The average molecular weight is 297 g/mol. The molecule has 1 aromatic heterocycles. The predicted octanol–water partition coefficient (Wildman–Crippen LogP) is 4.52. The topological polar surface area (TPSA) is 52.0 Å². The molecule has 3 nitrogen and oxygen atoms in total. The van der Waals surface area contributed by atoms with Crippen LogP contribution < -0.4 is 5.73 Å². The van der Waals surface area contributed by atoms with E-state index in [1.54, 1.807) is 18.2 Å². The maximum atomic E-state index is 13.8. The van der Waals surface area contributed by atoms with Crippen LogP contribution in [-0.2, 0) is 0 Å². The van der Waals surface area contributed by atoms with Gasteiger partial charge in [-0.1, -0.05) is 23.2 Å². The van der Waals surface area contributed by atoms with E-state index in [0.29, 0.717) is 26.8 Å². The molecule has 0 aliphatic rings. The van der Waals surface area contributed by atoms with Crippen molar-refractivity contribution in [3.05, 3.63) is 46.2 Å². The van der Waals surface area contributed by atoms with Crippen LogP contribution in [0.25, 0.3) is 22.6 Å². The molecule has 3 rings (SSSR count). The van der Waals surface area contributed by atoms with Crippen LogP contribution in [0.15, 0.2) is 34.7 Å². The van der Waals surface area contributed by atoms with Gasteiger partial charge < -0.3 is 10.2 Å². The Labute approximate surface area is 117 Å². The molecule has 0 bridgehead atoms. The van der Waals surface area contributed by atoms with Gasteiger partial charge in [0.25, 0.3) is 0 Å². The molecule has 0 amide bonds. The zero-order valence-electron chi connectivity index (χ0n) is 9.45. The number of nitrogen functional groups attached to an aromatic ring is 1. The zero-order valence-corrected chi connectivity index (χ0v) is 11.0. The number of benzene rings is 2. The molecule has 0 spiro atoms. The number of hydrogen-bond donors (Lipinski definition) is 1. The van der Waals surface area contributed by atoms with Crippen molar-refractivity contribution in [3.8, 4) is 11.5 Å². The highest BCUT2D eigenvalue weighted by atomic mass is 35.5. The van der Waals surface area contributed by atoms with Crippen molar-refractivity contribution in [2.75, 3.05) is 5.73 Å². The molecule has 1 heterocycles. The van der Waals surface area contributed by atoms with Gasteiger partial charge in [-0.05, 0) is 24.3 Å². The van der Waals surface area contributed by atoms with Crippen LogP contribution in [0.2, 0.25) is 10.0 Å². The van der Waals surface area contributed by atoms with Gasteiger partial charge in [-0.2, -0.15) is 0 Å². The van der Waals surface area contributed by atoms with Gasteiger partial charge in [-0.3, -0.25) is 0 Å². The quantitative estimate of drug-likeness (QED) is 0.672. The van der Waals surface area contributed by atoms with Gasteiger partial charge in [-0.15, -0.1) is 0 Å². The highest BCUT2D eigenvalue weighted by Crippen LogP contribution is 2.31. The minimum Gasteiger partial charge on any atom is -0.436 e. The molecule has 3 aromatic rings. The van der Waals surface area contributed by atoms with Crippen LogP contribution >= 0.6 is 23.2 Å². The third-order valence-corrected chi connectivity index (χ3v) is 3.23. The van der Waals surface area contributed by atoms with Crippen molar-refractivity contribution in [1.82, 2.24) is 4.98 Å². The van der Waals surface area contributed by atoms with E-state index in [0.717, 1.165) is 0 Å². The first-order valence-corrected chi connectivity index (χ1v) is 6.11. The molecular weight excluding hydrogens is 290 g/mol. The molecule has 6 heteroatoms. The van der Waals surface area contributed by atoms with Gasteiger partial charge in [0.1, 0.15) is 11.3 Å². The van der Waals surface area contributed by atoms with Crippen molar-refractivity contribution in [2.24, 2.45) is 0 Å². The Morgan fingerprint density at radius 3 is 2.68 bits per heavy atom. The van der Waals surface area contributed by atoms with E-state index in [9.17, 15) is 4.39 Å². The number of aromatic nitrogens is 1. The SMILES string of the molecule is Nc1cc2oc(-c3ccc(Cl)cc3F)nc2cc1Cl. The summed E-state index contributed by atoms with van der Waals surface area (Å²) in [6.07, 6.45) is 0. The Hall–Kier alpha value is -1.78. The zero-order chi connectivity index (χ0) is 13.6. The second-order valence-corrected chi connectivity index (χ2v) is 4.83. The lowest BCUT2D eigenvalue weighted by atomic mass is 10.2. The number of hydrogen-bond acceptors (Lipinski definition) is 3. The summed E-state index contributed by atoms with van der Waals surface area (Å²) < 4.78 is 19.3. The Kier molecular flexibility index (Phi) is 2.84. The van der Waals surface area contributed by atoms with Crippen LogP contribution in [0.3, 0.4) is 0 Å². The van der Waals surface area contributed by atoms with Gasteiger partial charge >= 0.3 is 0 Å². The van der Waals surface area contributed by atoms with E-state index in [4.69, 9.17) is 33.4 Å². The molecule has 0 saturated carbocycles. The Bertz CT molecular complexity index is 747. The highest BCUT2D eigenvalue weighted by Gasteiger charge is 2.14. The van der Waals surface area contributed by atoms with Crippen LogP contribution in [0.5, 0.6) is 0 Å². The van der Waals surface area contributed by atoms with Crippen LogP contribution in [0.4, 0.5) is 10.1 Å². The molecule has 2 aromatic carbocycles. The first-order valence-electron chi connectivity index (χ1n) is 5.35. The maximum absolute atomic E-state index is 13.8. The van der Waals surface area contributed by atoms with Crippen molar-refractivity contribution < 1.29 is 8.81 Å². The number of halogens is 3. The second-order valence-electron chi connectivity index (χ2n) is 3.98. The van der Waals surface area contributed by atoms with E-state index < -0.39 is 5.82 Å². The number of oxazole rings is 1. The summed E-state index contributed by atoms with van der Waals surface area (Å²) >= 11 is 11.6. The molecule has 0 saturated heterocycles. The predicted molar refractivity (Wildman–Crippen MR) is 73.8 cm³/mol. The molecule has 0 aliphatic carbocycles. The summed E-state index contributed by atoms with van der Waals surface area (Å²) in [7, 11) is 0.